The molecule has 0 aliphatic carbocycles. The molecule has 2 aromatic heterocycles. The molecule has 0 fully saturated rings. The van der Waals surface area contributed by atoms with Crippen molar-refractivity contribution in [3.63, 3.8) is 0 Å². The monoisotopic (exact) mass is 279 g/mol. The van der Waals surface area contributed by atoms with Crippen molar-refractivity contribution in [2.24, 2.45) is 0 Å². The van der Waals surface area contributed by atoms with Gasteiger partial charge in [0.05, 0.1) is 17.1 Å². The molecule has 1 atom stereocenters. The third kappa shape index (κ3) is 3.06. The Morgan fingerprint density at radius 1 is 1.00 bits per heavy atom. The average Bonchev–Trinajstić information content (AvgIpc) is 2.55. The van der Waals surface area contributed by atoms with E-state index in [1.807, 2.05) is 30.5 Å². The molecule has 0 spiro atoms. The standard InChI is InChI=1S/C17H17N3O/c1-2-12-3-5-14(20-11-12)10-17(21)13-4-6-15-16(9-13)19-8-7-18-15/h3-9,11,17,21H,2,10H2,1H3. The minimum Gasteiger partial charge on any atom is -0.388 e. The van der Waals surface area contributed by atoms with E-state index < -0.39 is 6.10 Å². The van der Waals surface area contributed by atoms with E-state index in [9.17, 15) is 5.11 Å². The molecule has 0 bridgehead atoms. The van der Waals surface area contributed by atoms with Gasteiger partial charge in [-0.2, -0.15) is 0 Å². The van der Waals surface area contributed by atoms with E-state index in [2.05, 4.69) is 27.9 Å². The second kappa shape index (κ2) is 5.97. The normalized spacial score (nSPS) is 12.5. The Hall–Kier alpha value is -2.33. The Morgan fingerprint density at radius 3 is 2.52 bits per heavy atom. The molecule has 21 heavy (non-hydrogen) atoms. The van der Waals surface area contributed by atoms with E-state index in [0.717, 1.165) is 28.7 Å². The fraction of sp³-hybridized carbons (Fsp3) is 0.235. The Kier molecular flexibility index (Phi) is 3.88. The van der Waals surface area contributed by atoms with Crippen molar-refractivity contribution in [1.82, 2.24) is 15.0 Å². The van der Waals surface area contributed by atoms with E-state index in [0.29, 0.717) is 6.42 Å². The Balaban J connectivity index is 1.80. The van der Waals surface area contributed by atoms with E-state index in [4.69, 9.17) is 0 Å². The summed E-state index contributed by atoms with van der Waals surface area (Å²) in [4.78, 5) is 12.9. The highest BCUT2D eigenvalue weighted by Crippen LogP contribution is 2.20. The quantitative estimate of drug-likeness (QED) is 0.797. The SMILES string of the molecule is CCc1ccc(CC(O)c2ccc3nccnc3c2)nc1. The first kappa shape index (κ1) is 13.6. The van der Waals surface area contributed by atoms with Crippen molar-refractivity contribution >= 4 is 11.0 Å². The first-order chi connectivity index (χ1) is 10.3. The van der Waals surface area contributed by atoms with Crippen LogP contribution in [0.2, 0.25) is 0 Å². The molecule has 0 aliphatic heterocycles. The fourth-order valence-corrected chi connectivity index (χ4v) is 2.29. The molecule has 2 heterocycles. The fourth-order valence-electron chi connectivity index (χ4n) is 2.29. The molecule has 4 nitrogen and oxygen atoms in total. The van der Waals surface area contributed by atoms with Crippen LogP contribution in [0.5, 0.6) is 0 Å². The second-order valence-corrected chi connectivity index (χ2v) is 5.04. The molecule has 1 unspecified atom stereocenters. The highest BCUT2D eigenvalue weighted by molar-refractivity contribution is 5.74. The van der Waals surface area contributed by atoms with Crippen LogP contribution in [-0.4, -0.2) is 20.1 Å². The predicted molar refractivity (Wildman–Crippen MR) is 81.8 cm³/mol. The van der Waals surface area contributed by atoms with Crippen molar-refractivity contribution in [1.29, 1.82) is 0 Å². The van der Waals surface area contributed by atoms with E-state index in [1.54, 1.807) is 12.4 Å². The summed E-state index contributed by atoms with van der Waals surface area (Å²) >= 11 is 0. The van der Waals surface area contributed by atoms with Gasteiger partial charge < -0.3 is 5.11 Å². The number of rotatable bonds is 4. The maximum atomic E-state index is 10.4. The third-order valence-corrected chi connectivity index (χ3v) is 3.57. The van der Waals surface area contributed by atoms with Crippen LogP contribution in [0, 0.1) is 0 Å². The lowest BCUT2D eigenvalue weighted by Gasteiger charge is -2.11. The van der Waals surface area contributed by atoms with Gasteiger partial charge in [-0.25, -0.2) is 0 Å². The summed E-state index contributed by atoms with van der Waals surface area (Å²) in [6.45, 7) is 2.10. The molecular formula is C17H17N3O. The Bertz CT molecular complexity index is 740. The summed E-state index contributed by atoms with van der Waals surface area (Å²) in [5.41, 5.74) is 4.56. The van der Waals surface area contributed by atoms with Crippen LogP contribution in [0.1, 0.15) is 29.8 Å². The zero-order chi connectivity index (χ0) is 14.7. The second-order valence-electron chi connectivity index (χ2n) is 5.04. The van der Waals surface area contributed by atoms with Crippen molar-refractivity contribution in [2.75, 3.05) is 0 Å². The van der Waals surface area contributed by atoms with Gasteiger partial charge in [-0.05, 0) is 35.7 Å². The van der Waals surface area contributed by atoms with Crippen molar-refractivity contribution in [3.05, 3.63) is 65.7 Å². The van der Waals surface area contributed by atoms with E-state index in [-0.39, 0.29) is 0 Å². The van der Waals surface area contributed by atoms with Crippen LogP contribution in [0.4, 0.5) is 0 Å². The van der Waals surface area contributed by atoms with E-state index in [1.165, 1.54) is 5.56 Å². The van der Waals surface area contributed by atoms with Crippen LogP contribution in [-0.2, 0) is 12.8 Å². The maximum Gasteiger partial charge on any atom is 0.0890 e. The van der Waals surface area contributed by atoms with Gasteiger partial charge in [-0.15, -0.1) is 0 Å². The molecule has 0 saturated carbocycles. The van der Waals surface area contributed by atoms with Crippen LogP contribution < -0.4 is 0 Å². The van der Waals surface area contributed by atoms with Crippen LogP contribution >= 0.6 is 0 Å². The lowest BCUT2D eigenvalue weighted by molar-refractivity contribution is 0.177. The van der Waals surface area contributed by atoms with Crippen molar-refractivity contribution in [3.8, 4) is 0 Å². The van der Waals surface area contributed by atoms with Crippen molar-refractivity contribution in [2.45, 2.75) is 25.9 Å². The maximum absolute atomic E-state index is 10.4. The summed E-state index contributed by atoms with van der Waals surface area (Å²) in [5, 5.41) is 10.4. The number of fused-ring (bicyclic) bond motifs is 1. The summed E-state index contributed by atoms with van der Waals surface area (Å²) in [5.74, 6) is 0. The van der Waals surface area contributed by atoms with Crippen molar-refractivity contribution < 1.29 is 5.11 Å². The van der Waals surface area contributed by atoms with Crippen LogP contribution in [0.25, 0.3) is 11.0 Å². The highest BCUT2D eigenvalue weighted by atomic mass is 16.3. The molecule has 3 aromatic rings. The minimum atomic E-state index is -0.587. The van der Waals surface area contributed by atoms with Gasteiger partial charge in [0.25, 0.3) is 0 Å². The molecular weight excluding hydrogens is 262 g/mol. The highest BCUT2D eigenvalue weighted by Gasteiger charge is 2.10. The number of benzene rings is 1. The zero-order valence-corrected chi connectivity index (χ0v) is 11.9. The number of hydrogen-bond acceptors (Lipinski definition) is 4. The summed E-state index contributed by atoms with van der Waals surface area (Å²) < 4.78 is 0. The number of aliphatic hydroxyl groups is 1. The van der Waals surface area contributed by atoms with Gasteiger partial charge in [0, 0.05) is 30.7 Å². The molecule has 106 valence electrons. The Morgan fingerprint density at radius 2 is 1.81 bits per heavy atom. The molecule has 0 saturated heterocycles. The first-order valence-electron chi connectivity index (χ1n) is 7.09. The molecule has 3 rings (SSSR count). The molecule has 1 aromatic carbocycles. The topological polar surface area (TPSA) is 58.9 Å². The number of hydrogen-bond donors (Lipinski definition) is 1. The van der Waals surface area contributed by atoms with Crippen LogP contribution in [0.15, 0.2) is 48.9 Å². The summed E-state index contributed by atoms with van der Waals surface area (Å²) in [7, 11) is 0. The predicted octanol–water partition coefficient (Wildman–Crippen LogP) is 2.86. The number of pyridine rings is 1. The third-order valence-electron chi connectivity index (χ3n) is 3.57. The van der Waals surface area contributed by atoms with Gasteiger partial charge in [0.15, 0.2) is 0 Å². The van der Waals surface area contributed by atoms with Gasteiger partial charge in [-0.1, -0.05) is 19.1 Å². The zero-order valence-electron chi connectivity index (χ0n) is 11.9. The lowest BCUT2D eigenvalue weighted by Crippen LogP contribution is -2.04. The average molecular weight is 279 g/mol. The largest absolute Gasteiger partial charge is 0.388 e. The summed E-state index contributed by atoms with van der Waals surface area (Å²) in [6.07, 6.45) is 6.07. The lowest BCUT2D eigenvalue weighted by atomic mass is 10.0. The summed E-state index contributed by atoms with van der Waals surface area (Å²) in [6, 6.07) is 9.69. The minimum absolute atomic E-state index is 0.496. The van der Waals surface area contributed by atoms with E-state index >= 15 is 0 Å². The molecule has 0 aliphatic rings. The number of aromatic nitrogens is 3. The van der Waals surface area contributed by atoms with Gasteiger partial charge in [-0.3, -0.25) is 15.0 Å². The first-order valence-corrected chi connectivity index (χ1v) is 7.09. The van der Waals surface area contributed by atoms with Crippen LogP contribution in [0.3, 0.4) is 0 Å². The Labute approximate surface area is 123 Å². The number of aryl methyl sites for hydroxylation is 1. The van der Waals surface area contributed by atoms with Gasteiger partial charge in [0.2, 0.25) is 0 Å². The molecule has 1 N–H and O–H groups in total. The smallest absolute Gasteiger partial charge is 0.0890 e. The number of aliphatic hydroxyl groups excluding tert-OH is 1. The van der Waals surface area contributed by atoms with Gasteiger partial charge in [0.1, 0.15) is 0 Å². The molecule has 0 amide bonds. The van der Waals surface area contributed by atoms with Gasteiger partial charge >= 0.3 is 0 Å². The molecule has 4 heteroatoms. The molecule has 0 radical (unpaired) electrons. The number of nitrogens with zero attached hydrogens (tertiary/aromatic N) is 3.